The summed E-state index contributed by atoms with van der Waals surface area (Å²) in [5, 5.41) is 8.70. The van der Waals surface area contributed by atoms with Gasteiger partial charge in [-0.1, -0.05) is 66.2 Å². The number of unbranched alkanes of at least 4 members (excludes halogenated alkanes) is 2. The molecule has 2 atom stereocenters. The Morgan fingerprint density at radius 3 is 1.50 bits per heavy atom. The quantitative estimate of drug-likeness (QED) is 0.212. The fourth-order valence-corrected chi connectivity index (χ4v) is 2.16. The van der Waals surface area contributed by atoms with Crippen LogP contribution < -0.4 is 0 Å². The lowest BCUT2D eigenvalue weighted by Gasteiger charge is -2.13. The van der Waals surface area contributed by atoms with Crippen molar-refractivity contribution in [1.29, 1.82) is 0 Å². The van der Waals surface area contributed by atoms with Gasteiger partial charge in [-0.25, -0.2) is 9.78 Å². The number of rotatable bonds is 16. The highest BCUT2D eigenvalue weighted by atomic mass is 17.6. The van der Waals surface area contributed by atoms with E-state index in [1.807, 2.05) is 0 Å². The van der Waals surface area contributed by atoms with Crippen LogP contribution in [0.15, 0.2) is 0 Å². The Morgan fingerprint density at radius 1 is 0.750 bits per heavy atom. The van der Waals surface area contributed by atoms with Crippen LogP contribution in [0.5, 0.6) is 0 Å². The average molecular weight is 350 g/mol. The van der Waals surface area contributed by atoms with Crippen molar-refractivity contribution in [3.8, 4) is 0 Å². The van der Waals surface area contributed by atoms with Gasteiger partial charge >= 0.3 is 6.16 Å². The van der Waals surface area contributed by atoms with Crippen LogP contribution in [0.3, 0.4) is 0 Å². The van der Waals surface area contributed by atoms with Crippen molar-refractivity contribution >= 4 is 6.16 Å². The third kappa shape index (κ3) is 13.5. The van der Waals surface area contributed by atoms with E-state index in [2.05, 4.69) is 47.5 Å². The Hall–Kier alpha value is -0.890. The molecule has 144 valence electrons. The van der Waals surface area contributed by atoms with Gasteiger partial charge in [0.1, 0.15) is 0 Å². The zero-order chi connectivity index (χ0) is 18.0. The molecule has 2 unspecified atom stereocenters. The van der Waals surface area contributed by atoms with Crippen LogP contribution in [-0.2, 0) is 29.6 Å². The Labute approximate surface area is 145 Å². The molecule has 0 rings (SSSR count). The largest absolute Gasteiger partial charge is 0.577 e. The SMILES string of the molecule is CCCCC(CC)COOOC(=O)OOOCC(CC)CCCC. The molecule has 0 aromatic rings. The lowest BCUT2D eigenvalue weighted by molar-refractivity contribution is -0.529. The molecule has 0 fully saturated rings. The maximum atomic E-state index is 11.2. The molecule has 0 saturated carbocycles. The zero-order valence-electron chi connectivity index (χ0n) is 15.6. The monoisotopic (exact) mass is 350 g/mol. The van der Waals surface area contributed by atoms with Crippen molar-refractivity contribution < 1.29 is 34.4 Å². The summed E-state index contributed by atoms with van der Waals surface area (Å²) in [5.41, 5.74) is 0. The molecule has 0 spiro atoms. The molecule has 0 radical (unpaired) electrons. The fourth-order valence-electron chi connectivity index (χ4n) is 2.16. The van der Waals surface area contributed by atoms with Gasteiger partial charge in [0.05, 0.1) is 13.2 Å². The van der Waals surface area contributed by atoms with E-state index in [1.165, 1.54) is 0 Å². The van der Waals surface area contributed by atoms with Gasteiger partial charge in [0.25, 0.3) is 0 Å². The number of carbonyl (C=O) groups is 1. The lowest BCUT2D eigenvalue weighted by Crippen LogP contribution is -2.15. The molecule has 24 heavy (non-hydrogen) atoms. The molecule has 0 saturated heterocycles. The third-order valence-corrected chi connectivity index (χ3v) is 3.99. The number of carbonyl (C=O) groups excluding carboxylic acids is 1. The molecule has 0 aliphatic heterocycles. The molecule has 0 heterocycles. The van der Waals surface area contributed by atoms with E-state index in [0.29, 0.717) is 25.0 Å². The molecule has 0 aliphatic carbocycles. The fraction of sp³-hybridized carbons (Fsp3) is 0.941. The zero-order valence-corrected chi connectivity index (χ0v) is 15.6. The molecule has 0 N–H and O–H groups in total. The maximum absolute atomic E-state index is 11.2. The standard InChI is InChI=1S/C17H34O7/c1-5-9-11-15(7-3)13-19-23-21-17(18)22-24-20-14-16(8-4)12-10-6-2/h15-16H,5-14H2,1-4H3. The number of hydrogen-bond donors (Lipinski definition) is 0. The molecule has 7 nitrogen and oxygen atoms in total. The van der Waals surface area contributed by atoms with E-state index in [9.17, 15) is 4.79 Å². The molecule has 0 aromatic carbocycles. The predicted molar refractivity (Wildman–Crippen MR) is 88.3 cm³/mol. The van der Waals surface area contributed by atoms with Crippen molar-refractivity contribution in [1.82, 2.24) is 0 Å². The smallest absolute Gasteiger partial charge is 0.226 e. The van der Waals surface area contributed by atoms with Gasteiger partial charge in [0.15, 0.2) is 0 Å². The maximum Gasteiger partial charge on any atom is 0.577 e. The first kappa shape index (κ1) is 23.1. The molecule has 0 amide bonds. The van der Waals surface area contributed by atoms with Gasteiger partial charge < -0.3 is 0 Å². The van der Waals surface area contributed by atoms with E-state index < -0.39 is 6.16 Å². The van der Waals surface area contributed by atoms with Crippen molar-refractivity contribution in [3.63, 3.8) is 0 Å². The van der Waals surface area contributed by atoms with Crippen LogP contribution in [0, 0.1) is 11.8 Å². The summed E-state index contributed by atoms with van der Waals surface area (Å²) in [4.78, 5) is 29.3. The summed E-state index contributed by atoms with van der Waals surface area (Å²) in [6.45, 7) is 9.14. The number of hydrogen-bond acceptors (Lipinski definition) is 7. The van der Waals surface area contributed by atoms with Crippen LogP contribution in [0.25, 0.3) is 0 Å². The predicted octanol–water partition coefficient (Wildman–Crippen LogP) is 5.30. The van der Waals surface area contributed by atoms with Gasteiger partial charge in [-0.15, -0.1) is 0 Å². The first-order valence-electron chi connectivity index (χ1n) is 9.13. The molecular formula is C17H34O7. The summed E-state index contributed by atoms with van der Waals surface area (Å²) in [6, 6.07) is 0. The van der Waals surface area contributed by atoms with E-state index in [-0.39, 0.29) is 0 Å². The topological polar surface area (TPSA) is 72.5 Å². The minimum Gasteiger partial charge on any atom is -0.226 e. The van der Waals surface area contributed by atoms with Crippen molar-refractivity contribution in [2.24, 2.45) is 11.8 Å². The van der Waals surface area contributed by atoms with Gasteiger partial charge in [0, 0.05) is 0 Å². The highest BCUT2D eigenvalue weighted by molar-refractivity contribution is 5.57. The molecule has 7 heteroatoms. The Bertz CT molecular complexity index is 260. The highest BCUT2D eigenvalue weighted by Gasteiger charge is 2.12. The molecule has 0 aliphatic rings. The highest BCUT2D eigenvalue weighted by Crippen LogP contribution is 2.14. The normalized spacial score (nSPS) is 13.5. The minimum absolute atomic E-state index is 0.358. The van der Waals surface area contributed by atoms with E-state index >= 15 is 0 Å². The van der Waals surface area contributed by atoms with Gasteiger partial charge in [-0.05, 0) is 34.8 Å². The van der Waals surface area contributed by atoms with Crippen molar-refractivity contribution in [2.45, 2.75) is 79.1 Å². The van der Waals surface area contributed by atoms with Crippen molar-refractivity contribution in [2.75, 3.05) is 13.2 Å². The molecule has 0 aromatic heterocycles. The first-order chi connectivity index (χ1) is 11.7. The second kappa shape index (κ2) is 17.0. The van der Waals surface area contributed by atoms with Crippen LogP contribution in [-0.4, -0.2) is 19.4 Å². The van der Waals surface area contributed by atoms with Gasteiger partial charge in [-0.2, -0.15) is 14.6 Å². The van der Waals surface area contributed by atoms with E-state index in [4.69, 9.17) is 9.78 Å². The van der Waals surface area contributed by atoms with Gasteiger partial charge in [0.2, 0.25) is 0 Å². The minimum atomic E-state index is -1.18. The van der Waals surface area contributed by atoms with E-state index in [0.717, 1.165) is 51.4 Å². The Morgan fingerprint density at radius 2 is 1.17 bits per heavy atom. The molecule has 0 bridgehead atoms. The lowest BCUT2D eigenvalue weighted by atomic mass is 10.0. The summed E-state index contributed by atoms with van der Waals surface area (Å²) >= 11 is 0. The summed E-state index contributed by atoms with van der Waals surface area (Å²) in [6.07, 6.45) is 7.40. The second-order valence-corrected chi connectivity index (χ2v) is 5.95. The van der Waals surface area contributed by atoms with Crippen LogP contribution in [0.1, 0.15) is 79.1 Å². The Balaban J connectivity index is 3.58. The van der Waals surface area contributed by atoms with Crippen LogP contribution in [0.2, 0.25) is 0 Å². The summed E-state index contributed by atoms with van der Waals surface area (Å²) in [7, 11) is 0. The van der Waals surface area contributed by atoms with Crippen molar-refractivity contribution in [3.05, 3.63) is 0 Å². The average Bonchev–Trinajstić information content (AvgIpc) is 2.60. The Kier molecular flexibility index (Phi) is 16.3. The summed E-state index contributed by atoms with van der Waals surface area (Å²) in [5.74, 6) is 0.747. The second-order valence-electron chi connectivity index (χ2n) is 5.95. The first-order valence-corrected chi connectivity index (χ1v) is 9.13. The van der Waals surface area contributed by atoms with E-state index in [1.54, 1.807) is 0 Å². The van der Waals surface area contributed by atoms with Crippen LogP contribution >= 0.6 is 0 Å². The molecular weight excluding hydrogens is 316 g/mol. The summed E-state index contributed by atoms with van der Waals surface area (Å²) < 4.78 is 0. The third-order valence-electron chi connectivity index (χ3n) is 3.99. The van der Waals surface area contributed by atoms with Crippen LogP contribution in [0.4, 0.5) is 4.79 Å². The van der Waals surface area contributed by atoms with Gasteiger partial charge in [-0.3, -0.25) is 0 Å².